The summed E-state index contributed by atoms with van der Waals surface area (Å²) < 4.78 is 5.58. The van der Waals surface area contributed by atoms with Crippen molar-refractivity contribution in [2.24, 2.45) is 0 Å². The van der Waals surface area contributed by atoms with E-state index in [4.69, 9.17) is 38.0 Å². The van der Waals surface area contributed by atoms with Crippen LogP contribution in [0.3, 0.4) is 0 Å². The van der Waals surface area contributed by atoms with Gasteiger partial charge in [-0.3, -0.25) is 4.79 Å². The maximum Gasteiger partial charge on any atom is 0.341 e. The lowest BCUT2D eigenvalue weighted by Gasteiger charge is -2.09. The van der Waals surface area contributed by atoms with E-state index in [1.807, 2.05) is 18.2 Å². The molecule has 2 nitrogen and oxygen atoms in total. The smallest absolute Gasteiger partial charge is 0.341 e. The van der Waals surface area contributed by atoms with Crippen molar-refractivity contribution in [3.63, 3.8) is 0 Å². The zero-order valence-corrected chi connectivity index (χ0v) is 15.0. The second-order valence-corrected chi connectivity index (χ2v) is 14.1. The molecule has 0 amide bonds. The lowest BCUT2D eigenvalue weighted by molar-refractivity contribution is 0.103. The fourth-order valence-corrected chi connectivity index (χ4v) is 3.67. The van der Waals surface area contributed by atoms with Crippen LogP contribution >= 0.6 is 33.2 Å². The zero-order valence-electron chi connectivity index (χ0n) is 11.8. The van der Waals surface area contributed by atoms with E-state index in [-0.39, 0.29) is 5.78 Å². The number of hydrogen-bond acceptors (Lipinski definition) is 2. The predicted molar refractivity (Wildman–Crippen MR) is 94.5 cm³/mol. The van der Waals surface area contributed by atoms with Gasteiger partial charge in [-0.2, -0.15) is 0 Å². The van der Waals surface area contributed by atoms with Gasteiger partial charge in [-0.25, -0.2) is 0 Å². The number of ketones is 1. The van der Waals surface area contributed by atoms with E-state index in [0.717, 1.165) is 0 Å². The maximum absolute atomic E-state index is 12.2. The molecule has 0 saturated heterocycles. The van der Waals surface area contributed by atoms with Gasteiger partial charge in [-0.1, -0.05) is 30.3 Å². The van der Waals surface area contributed by atoms with Gasteiger partial charge in [0.2, 0.25) is 0 Å². The number of carbonyl (C=O) groups excluding carboxylic acids is 1. The Kier molecular flexibility index (Phi) is 6.33. The number of benzene rings is 2. The van der Waals surface area contributed by atoms with E-state index in [2.05, 4.69) is 0 Å². The topological polar surface area (TPSA) is 26.3 Å². The quantitative estimate of drug-likeness (QED) is 0.283. The highest BCUT2D eigenvalue weighted by molar-refractivity contribution is 7.64. The average molecular weight is 374 g/mol. The first-order chi connectivity index (χ1) is 10.5. The lowest BCUT2D eigenvalue weighted by atomic mass is 10.0. The average Bonchev–Trinajstić information content (AvgIpc) is 2.51. The molecule has 0 heterocycles. The Morgan fingerprint density at radius 1 is 0.909 bits per heavy atom. The number of rotatable bonds is 7. The molecule has 0 saturated carbocycles. The summed E-state index contributed by atoms with van der Waals surface area (Å²) in [7, 11) is 0. The second kappa shape index (κ2) is 8.02. The molecule has 0 fully saturated rings. The van der Waals surface area contributed by atoms with Gasteiger partial charge in [-0.05, 0) is 36.7 Å². The van der Waals surface area contributed by atoms with Gasteiger partial charge in [0.05, 0.1) is 6.61 Å². The predicted octanol–water partition coefficient (Wildman–Crippen LogP) is 5.34. The Balaban J connectivity index is 1.89. The van der Waals surface area contributed by atoms with Crippen molar-refractivity contribution >= 4 is 45.0 Å². The molecule has 0 aliphatic rings. The van der Waals surface area contributed by atoms with Crippen molar-refractivity contribution in [3.05, 3.63) is 65.7 Å². The second-order valence-electron chi connectivity index (χ2n) is 4.79. The first-order valence-electron chi connectivity index (χ1n) is 6.85. The fraction of sp³-hybridized carbons (Fsp3) is 0.188. The Morgan fingerprint density at radius 3 is 2.09 bits per heavy atom. The lowest BCUT2D eigenvalue weighted by Crippen LogP contribution is -2.10. The third kappa shape index (κ3) is 5.65. The van der Waals surface area contributed by atoms with E-state index < -0.39 is 6.00 Å². The number of hydrogen-bond donors (Lipinski definition) is 0. The molecule has 0 bridgehead atoms. The molecule has 0 aliphatic carbocycles. The molecule has 0 spiro atoms. The Bertz CT molecular complexity index is 610. The van der Waals surface area contributed by atoms with Gasteiger partial charge < -0.3 is 4.74 Å². The number of carbonyl (C=O) groups is 1. The molecule has 0 unspecified atom stereocenters. The third-order valence-corrected chi connectivity index (χ3v) is 5.65. The van der Waals surface area contributed by atoms with E-state index in [1.54, 1.807) is 36.4 Å². The summed E-state index contributed by atoms with van der Waals surface area (Å²) in [5.74, 6) is 0.699. The van der Waals surface area contributed by atoms with E-state index in [9.17, 15) is 4.79 Å². The SMILES string of the molecule is O=C(c1ccccc1)c1ccc(OCCC[Si](Cl)(Cl)Cl)cc1. The largest absolute Gasteiger partial charge is 0.494 e. The van der Waals surface area contributed by atoms with Gasteiger partial charge >= 0.3 is 6.00 Å². The highest BCUT2D eigenvalue weighted by atomic mass is 35.8. The molecule has 0 N–H and O–H groups in total. The normalized spacial score (nSPS) is 11.2. The van der Waals surface area contributed by atoms with Crippen LogP contribution in [0.1, 0.15) is 22.3 Å². The van der Waals surface area contributed by atoms with Crippen LogP contribution < -0.4 is 4.74 Å². The summed E-state index contributed by atoms with van der Waals surface area (Å²) in [5, 5.41) is 0. The van der Waals surface area contributed by atoms with E-state index in [1.165, 1.54) is 0 Å². The van der Waals surface area contributed by atoms with Crippen LogP contribution in [0.15, 0.2) is 54.6 Å². The third-order valence-electron chi connectivity index (χ3n) is 3.03. The van der Waals surface area contributed by atoms with Gasteiger partial charge in [0.15, 0.2) is 5.78 Å². The number of ether oxygens (including phenoxy) is 1. The summed E-state index contributed by atoms with van der Waals surface area (Å²) >= 11 is 17.4. The van der Waals surface area contributed by atoms with Gasteiger partial charge in [0.1, 0.15) is 5.75 Å². The van der Waals surface area contributed by atoms with Crippen molar-refractivity contribution < 1.29 is 9.53 Å². The molecule has 2 aromatic carbocycles. The molecule has 0 atom stereocenters. The molecule has 0 radical (unpaired) electrons. The molecule has 2 aromatic rings. The van der Waals surface area contributed by atoms with Crippen LogP contribution in [-0.2, 0) is 0 Å². The standard InChI is InChI=1S/C16H15Cl3O2Si/c17-22(18,19)12-4-11-21-15-9-7-14(8-10-15)16(20)13-5-2-1-3-6-13/h1-3,5-10H,4,11-12H2. The Hall–Kier alpha value is -1.00. The van der Waals surface area contributed by atoms with Crippen LogP contribution in [0, 0.1) is 0 Å². The van der Waals surface area contributed by atoms with E-state index in [0.29, 0.717) is 35.9 Å². The molecule has 6 heteroatoms. The first kappa shape index (κ1) is 17.4. The minimum atomic E-state index is -2.56. The van der Waals surface area contributed by atoms with Crippen molar-refractivity contribution in [1.29, 1.82) is 0 Å². The van der Waals surface area contributed by atoms with Crippen LogP contribution in [0.25, 0.3) is 0 Å². The summed E-state index contributed by atoms with van der Waals surface area (Å²) in [6.45, 7) is 0.493. The molecular formula is C16H15Cl3O2Si. The van der Waals surface area contributed by atoms with Crippen LogP contribution in [-0.4, -0.2) is 18.4 Å². The van der Waals surface area contributed by atoms with Crippen molar-refractivity contribution in [3.8, 4) is 5.75 Å². The molecule has 116 valence electrons. The van der Waals surface area contributed by atoms with Crippen molar-refractivity contribution in [2.75, 3.05) is 6.61 Å². The molecule has 22 heavy (non-hydrogen) atoms. The van der Waals surface area contributed by atoms with Crippen molar-refractivity contribution in [2.45, 2.75) is 12.5 Å². The van der Waals surface area contributed by atoms with Gasteiger partial charge in [0, 0.05) is 11.1 Å². The zero-order chi connectivity index (χ0) is 16.0. The van der Waals surface area contributed by atoms with E-state index >= 15 is 0 Å². The number of halogens is 3. The molecule has 0 aliphatic heterocycles. The van der Waals surface area contributed by atoms with Crippen LogP contribution in [0.4, 0.5) is 0 Å². The monoisotopic (exact) mass is 372 g/mol. The molecule has 2 rings (SSSR count). The first-order valence-corrected chi connectivity index (χ1v) is 12.1. The van der Waals surface area contributed by atoms with Crippen molar-refractivity contribution in [1.82, 2.24) is 0 Å². The summed E-state index contributed by atoms with van der Waals surface area (Å²) in [5.41, 5.74) is 1.30. The van der Waals surface area contributed by atoms with Gasteiger partial charge in [0.25, 0.3) is 0 Å². The maximum atomic E-state index is 12.2. The van der Waals surface area contributed by atoms with Crippen LogP contribution in [0.5, 0.6) is 5.75 Å². The summed E-state index contributed by atoms with van der Waals surface area (Å²) in [4.78, 5) is 12.2. The highest BCUT2D eigenvalue weighted by Crippen LogP contribution is 2.26. The molecule has 0 aromatic heterocycles. The van der Waals surface area contributed by atoms with Crippen LogP contribution in [0.2, 0.25) is 6.04 Å². The Labute approximate surface area is 145 Å². The van der Waals surface area contributed by atoms with Gasteiger partial charge in [-0.15, -0.1) is 33.2 Å². The Morgan fingerprint density at radius 2 is 1.50 bits per heavy atom. The minimum absolute atomic E-state index is 0.00523. The molecular weight excluding hydrogens is 359 g/mol. The summed E-state index contributed by atoms with van der Waals surface area (Å²) in [6.07, 6.45) is 0.702. The summed E-state index contributed by atoms with van der Waals surface area (Å²) in [6, 6.07) is 14.3. The minimum Gasteiger partial charge on any atom is -0.494 e. The highest BCUT2D eigenvalue weighted by Gasteiger charge is 2.23. The fourth-order valence-electron chi connectivity index (χ4n) is 1.92.